The maximum Gasteiger partial charge on any atom is 0.320 e. The van der Waals surface area contributed by atoms with Gasteiger partial charge < -0.3 is 15.3 Å². The Hall–Kier alpha value is -4.23. The van der Waals surface area contributed by atoms with Gasteiger partial charge in [-0.25, -0.2) is 9.97 Å². The third-order valence-corrected chi connectivity index (χ3v) is 5.79. The number of β-amino-alcohol motifs (C(OH)–C–C–N with tert-alkyl or cyclic N) is 1. The van der Waals surface area contributed by atoms with E-state index in [1.54, 1.807) is 13.2 Å². The van der Waals surface area contributed by atoms with Crippen molar-refractivity contribution in [3.05, 3.63) is 65.9 Å². The Morgan fingerprint density at radius 1 is 1.18 bits per heavy atom. The van der Waals surface area contributed by atoms with Crippen molar-refractivity contribution in [2.24, 2.45) is 15.5 Å². The van der Waals surface area contributed by atoms with Crippen LogP contribution in [0.1, 0.15) is 30.1 Å². The lowest BCUT2D eigenvalue weighted by molar-refractivity contribution is -0.570. The van der Waals surface area contributed by atoms with Gasteiger partial charge >= 0.3 is 6.17 Å². The van der Waals surface area contributed by atoms with E-state index in [-0.39, 0.29) is 12.3 Å². The molecule has 0 spiro atoms. The van der Waals surface area contributed by atoms with Crippen LogP contribution in [0.2, 0.25) is 0 Å². The third kappa shape index (κ3) is 4.74. The van der Waals surface area contributed by atoms with E-state index < -0.39 is 0 Å². The van der Waals surface area contributed by atoms with E-state index in [0.717, 1.165) is 41.9 Å². The molecule has 34 heavy (non-hydrogen) atoms. The van der Waals surface area contributed by atoms with E-state index in [1.807, 2.05) is 48.5 Å². The molecule has 2 unspecified atom stereocenters. The lowest BCUT2D eigenvalue weighted by Gasteiger charge is -2.32. The Morgan fingerprint density at radius 3 is 2.76 bits per heavy atom. The van der Waals surface area contributed by atoms with Gasteiger partial charge in [-0.15, -0.1) is 0 Å². The van der Waals surface area contributed by atoms with Crippen LogP contribution in [0.4, 0.5) is 17.3 Å². The van der Waals surface area contributed by atoms with Crippen molar-refractivity contribution < 1.29 is 9.91 Å². The van der Waals surface area contributed by atoms with Gasteiger partial charge in [0.2, 0.25) is 5.95 Å². The molecule has 3 aromatic rings. The van der Waals surface area contributed by atoms with E-state index in [2.05, 4.69) is 41.7 Å². The highest BCUT2D eigenvalue weighted by molar-refractivity contribution is 5.70. The molecule has 0 saturated carbocycles. The zero-order valence-electron chi connectivity index (χ0n) is 18.7. The number of nitrogens with zero attached hydrogens (tertiary/aromatic N) is 8. The van der Waals surface area contributed by atoms with Gasteiger partial charge in [-0.3, -0.25) is 0 Å². The molecular weight excluding hydrogens is 430 g/mol. The summed E-state index contributed by atoms with van der Waals surface area (Å²) in [5.74, 6) is 0.451. The summed E-state index contributed by atoms with van der Waals surface area (Å²) in [6.07, 6.45) is 2.74. The van der Waals surface area contributed by atoms with Crippen molar-refractivity contribution in [1.82, 2.24) is 9.97 Å². The number of azo groups is 1. The van der Waals surface area contributed by atoms with Crippen molar-refractivity contribution in [1.29, 1.82) is 5.26 Å². The van der Waals surface area contributed by atoms with Crippen molar-refractivity contribution in [2.75, 3.05) is 30.4 Å². The van der Waals surface area contributed by atoms with Crippen LogP contribution < -0.4 is 10.2 Å². The molecule has 0 radical (unpaired) electrons. The Labute approximate surface area is 196 Å². The average Bonchev–Trinajstić information content (AvgIpc) is 3.30. The lowest BCUT2D eigenvalue weighted by atomic mass is 10.0. The number of aliphatic hydroxyl groups excluding tert-OH is 1. The second kappa shape index (κ2) is 9.33. The van der Waals surface area contributed by atoms with Crippen molar-refractivity contribution in [3.63, 3.8) is 0 Å². The summed E-state index contributed by atoms with van der Waals surface area (Å²) in [6, 6.07) is 17.5. The summed E-state index contributed by atoms with van der Waals surface area (Å²) >= 11 is 0. The van der Waals surface area contributed by atoms with Crippen LogP contribution >= 0.6 is 0 Å². The minimum Gasteiger partial charge on any atom is -0.391 e. The number of hydrogen-bond donors (Lipinski definition) is 2. The highest BCUT2D eigenvalue weighted by Gasteiger charge is 2.23. The van der Waals surface area contributed by atoms with Crippen LogP contribution in [-0.4, -0.2) is 46.1 Å². The van der Waals surface area contributed by atoms with E-state index >= 15 is 0 Å². The predicted molar refractivity (Wildman–Crippen MR) is 126 cm³/mol. The molecule has 170 valence electrons. The van der Waals surface area contributed by atoms with Crippen LogP contribution in [0.3, 0.4) is 0 Å². The maximum atomic E-state index is 10.1. The molecule has 0 aliphatic carbocycles. The Balaban J connectivity index is 1.37. The monoisotopic (exact) mass is 454 g/mol. The maximum absolute atomic E-state index is 10.1. The molecule has 1 fully saturated rings. The van der Waals surface area contributed by atoms with Gasteiger partial charge in [0.05, 0.1) is 28.5 Å². The van der Waals surface area contributed by atoms with E-state index in [4.69, 9.17) is 0 Å². The molecule has 10 nitrogen and oxygen atoms in total. The SMILES string of the molecule is C[N+]1=NC(c2ccc(Nc3nccc(-c4cc(C#N)cc(N5CCCC(O)C5)c4)n3)cc2)N=N1. The minimum absolute atomic E-state index is 0.318. The summed E-state index contributed by atoms with van der Waals surface area (Å²) in [5.41, 5.74) is 4.77. The quantitative estimate of drug-likeness (QED) is 0.557. The van der Waals surface area contributed by atoms with E-state index in [9.17, 15) is 10.4 Å². The first-order valence-corrected chi connectivity index (χ1v) is 11.1. The van der Waals surface area contributed by atoms with Gasteiger partial charge in [0.15, 0.2) is 5.22 Å². The van der Waals surface area contributed by atoms with Gasteiger partial charge in [0.25, 0.3) is 0 Å². The van der Waals surface area contributed by atoms with Crippen LogP contribution in [0.15, 0.2) is 70.2 Å². The molecule has 1 saturated heterocycles. The number of anilines is 3. The van der Waals surface area contributed by atoms with Gasteiger partial charge in [-0.2, -0.15) is 5.26 Å². The van der Waals surface area contributed by atoms with Crippen LogP contribution in [-0.2, 0) is 0 Å². The summed E-state index contributed by atoms with van der Waals surface area (Å²) in [4.78, 5) is 12.6. The number of nitrogens with one attached hydrogen (secondary N) is 1. The number of benzene rings is 2. The Kier molecular flexibility index (Phi) is 5.93. The van der Waals surface area contributed by atoms with Gasteiger partial charge in [0.1, 0.15) is 7.05 Å². The van der Waals surface area contributed by atoms with Crippen molar-refractivity contribution >= 4 is 17.3 Å². The highest BCUT2D eigenvalue weighted by atomic mass is 16.3. The van der Waals surface area contributed by atoms with Crippen LogP contribution in [0.25, 0.3) is 11.3 Å². The first kappa shape index (κ1) is 21.6. The molecule has 10 heteroatoms. The number of aromatic nitrogens is 2. The molecule has 5 rings (SSSR count). The minimum atomic E-state index is -0.351. The number of piperidine rings is 1. The fourth-order valence-corrected chi connectivity index (χ4v) is 4.10. The van der Waals surface area contributed by atoms with Crippen molar-refractivity contribution in [2.45, 2.75) is 25.1 Å². The zero-order valence-corrected chi connectivity index (χ0v) is 18.7. The molecule has 2 aliphatic rings. The highest BCUT2D eigenvalue weighted by Crippen LogP contribution is 2.29. The first-order valence-electron chi connectivity index (χ1n) is 11.1. The Morgan fingerprint density at radius 2 is 2.03 bits per heavy atom. The summed E-state index contributed by atoms with van der Waals surface area (Å²) < 4.78 is 0. The standard InChI is InChI=1S/C24H24N9O/c1-32-30-23(29-31-32)17-4-6-19(7-5-17)27-24-26-9-8-22(28-24)18-11-16(14-25)12-20(13-18)33-10-2-3-21(34)15-33/h4-9,11-13,21,23,34H,2-3,10,15H2,1H3,(H,26,27,28)/q+1. The van der Waals surface area contributed by atoms with Crippen molar-refractivity contribution in [3.8, 4) is 17.3 Å². The molecule has 2 aliphatic heterocycles. The second-order valence-electron chi connectivity index (χ2n) is 8.32. The number of nitriles is 1. The van der Waals surface area contributed by atoms with Gasteiger partial charge in [-0.1, -0.05) is 12.1 Å². The normalized spacial score (nSPS) is 19.6. The van der Waals surface area contributed by atoms with Gasteiger partial charge in [0, 0.05) is 41.8 Å². The molecule has 3 heterocycles. The third-order valence-electron chi connectivity index (χ3n) is 5.79. The molecule has 2 atom stereocenters. The van der Waals surface area contributed by atoms with Crippen LogP contribution in [0, 0.1) is 11.3 Å². The molecular formula is C24H24N9O+. The topological polar surface area (TPSA) is 125 Å². The second-order valence-corrected chi connectivity index (χ2v) is 8.32. The molecule has 2 N–H and O–H groups in total. The van der Waals surface area contributed by atoms with E-state index in [1.165, 1.54) is 4.81 Å². The molecule has 0 amide bonds. The fourth-order valence-electron chi connectivity index (χ4n) is 4.10. The summed E-state index contributed by atoms with van der Waals surface area (Å²) in [7, 11) is 1.74. The lowest BCUT2D eigenvalue weighted by Crippen LogP contribution is -2.38. The summed E-state index contributed by atoms with van der Waals surface area (Å²) in [6.45, 7) is 1.41. The molecule has 2 aromatic carbocycles. The summed E-state index contributed by atoms with van der Waals surface area (Å²) in [5, 5.41) is 35.1. The first-order chi connectivity index (χ1) is 16.6. The number of aliphatic hydroxyl groups is 1. The number of hydrogen-bond acceptors (Lipinski definition) is 9. The smallest absolute Gasteiger partial charge is 0.320 e. The predicted octanol–water partition coefficient (Wildman–Crippen LogP) is 4.19. The number of rotatable bonds is 5. The molecule has 1 aromatic heterocycles. The average molecular weight is 455 g/mol. The van der Waals surface area contributed by atoms with Crippen LogP contribution in [0.5, 0.6) is 0 Å². The largest absolute Gasteiger partial charge is 0.391 e. The zero-order chi connectivity index (χ0) is 23.5. The molecule has 0 bridgehead atoms. The fraction of sp³-hybridized carbons (Fsp3) is 0.292. The van der Waals surface area contributed by atoms with E-state index in [0.29, 0.717) is 23.8 Å². The van der Waals surface area contributed by atoms with Gasteiger partial charge in [-0.05, 0) is 59.2 Å². The Bertz CT molecular complexity index is 1300.